The second-order valence-corrected chi connectivity index (χ2v) is 10.4. The molecule has 218 valence electrons. The van der Waals surface area contributed by atoms with E-state index in [1.165, 1.54) is 4.57 Å². The maximum absolute atomic E-state index is 13.6. The average molecular weight is 570 g/mol. The number of aromatic nitrogens is 2. The van der Waals surface area contributed by atoms with Gasteiger partial charge in [-0.3, -0.25) is 9.59 Å². The number of benzene rings is 2. The number of nitrogens with zero attached hydrogens (tertiary/aromatic N) is 4. The number of aliphatic hydroxyl groups is 2. The summed E-state index contributed by atoms with van der Waals surface area (Å²) in [6.07, 6.45) is 4.07. The molecule has 0 bridgehead atoms. The number of aryl methyl sites for hydroxylation is 1. The van der Waals surface area contributed by atoms with Crippen molar-refractivity contribution in [3.8, 4) is 11.1 Å². The molecule has 10 nitrogen and oxygen atoms in total. The van der Waals surface area contributed by atoms with Crippen LogP contribution in [-0.2, 0) is 31.4 Å². The smallest absolute Gasteiger partial charge is 0.274 e. The third kappa shape index (κ3) is 5.91. The summed E-state index contributed by atoms with van der Waals surface area (Å²) in [5, 5.41) is 22.5. The molecule has 4 aromatic rings. The predicted octanol–water partition coefficient (Wildman–Crippen LogP) is 3.46. The van der Waals surface area contributed by atoms with E-state index in [2.05, 4.69) is 16.4 Å². The van der Waals surface area contributed by atoms with E-state index in [9.17, 15) is 14.7 Å². The number of hydrogen-bond donors (Lipinski definition) is 3. The monoisotopic (exact) mass is 569 g/mol. The van der Waals surface area contributed by atoms with Crippen LogP contribution in [0.15, 0.2) is 71.8 Å². The number of hydrogen-bond acceptors (Lipinski definition) is 8. The largest absolute Gasteiger partial charge is 0.394 e. The van der Waals surface area contributed by atoms with Crippen LogP contribution in [0.25, 0.3) is 11.1 Å². The topological polar surface area (TPSA) is 120 Å². The van der Waals surface area contributed by atoms with Gasteiger partial charge in [-0.2, -0.15) is 0 Å². The van der Waals surface area contributed by atoms with Crippen LogP contribution >= 0.6 is 0 Å². The Bertz CT molecular complexity index is 1650. The highest BCUT2D eigenvalue weighted by atomic mass is 16.5. The zero-order chi connectivity index (χ0) is 29.8. The molecular formula is C32H35N5O5. The lowest BCUT2D eigenvalue weighted by Gasteiger charge is -2.31. The number of fused-ring (bicyclic) bond motifs is 1. The standard InChI is InChI=1S/C32H35N5O5/c1-35(2)24-8-9-26-22(15-24)11-12-37(31(26)40)29-6-4-5-25(27(29)19-39)23-16-28(32(41)36(3)18-23)34-30-10-7-21(17-33-30)20-42-14-13-38/h4-10,15-18,38-39H,11-14,19-20H2,1-3H3,(H,33,34). The Hall–Kier alpha value is -4.51. The van der Waals surface area contributed by atoms with E-state index in [1.807, 2.05) is 55.4 Å². The molecule has 10 heteroatoms. The van der Waals surface area contributed by atoms with Crippen molar-refractivity contribution < 1.29 is 19.7 Å². The average Bonchev–Trinajstić information content (AvgIpc) is 3.00. The van der Waals surface area contributed by atoms with Crippen LogP contribution < -0.4 is 20.7 Å². The van der Waals surface area contributed by atoms with Crippen molar-refractivity contribution in [1.29, 1.82) is 0 Å². The van der Waals surface area contributed by atoms with Gasteiger partial charge in [0.25, 0.3) is 11.5 Å². The van der Waals surface area contributed by atoms with E-state index >= 15 is 0 Å². The summed E-state index contributed by atoms with van der Waals surface area (Å²) in [5.41, 5.74) is 6.32. The summed E-state index contributed by atoms with van der Waals surface area (Å²) in [5.74, 6) is 0.383. The SMILES string of the molecule is CN(C)c1ccc2c(c1)CCN(c1cccc(-c3cc(Nc4ccc(COCCO)cn4)c(=O)n(C)c3)c1CO)C2=O. The summed E-state index contributed by atoms with van der Waals surface area (Å²) >= 11 is 0. The number of rotatable bonds is 10. The normalized spacial score (nSPS) is 12.8. The fourth-order valence-electron chi connectivity index (χ4n) is 5.17. The minimum atomic E-state index is -0.283. The molecule has 0 fully saturated rings. The van der Waals surface area contributed by atoms with Gasteiger partial charge in [0.15, 0.2) is 0 Å². The van der Waals surface area contributed by atoms with E-state index in [4.69, 9.17) is 9.84 Å². The fraction of sp³-hybridized carbons (Fsp3) is 0.281. The van der Waals surface area contributed by atoms with E-state index in [0.29, 0.717) is 53.5 Å². The summed E-state index contributed by atoms with van der Waals surface area (Å²) in [6.45, 7) is 0.735. The van der Waals surface area contributed by atoms with Crippen LogP contribution in [-0.4, -0.2) is 59.5 Å². The first-order chi connectivity index (χ1) is 20.3. The van der Waals surface area contributed by atoms with E-state index < -0.39 is 0 Å². The number of pyridine rings is 2. The van der Waals surface area contributed by atoms with Crippen LogP contribution in [0.4, 0.5) is 22.9 Å². The Kier molecular flexibility index (Phi) is 8.67. The van der Waals surface area contributed by atoms with Crippen LogP contribution in [0.2, 0.25) is 0 Å². The number of nitrogens with one attached hydrogen (secondary N) is 1. The van der Waals surface area contributed by atoms with Crippen LogP contribution in [0, 0.1) is 0 Å². The van der Waals surface area contributed by atoms with Gasteiger partial charge in [0, 0.05) is 62.5 Å². The molecule has 3 N–H and O–H groups in total. The molecule has 5 rings (SSSR count). The number of ether oxygens (including phenoxy) is 1. The second kappa shape index (κ2) is 12.6. The highest BCUT2D eigenvalue weighted by Gasteiger charge is 2.28. The van der Waals surface area contributed by atoms with Gasteiger partial charge in [-0.15, -0.1) is 0 Å². The molecule has 2 aromatic carbocycles. The van der Waals surface area contributed by atoms with Gasteiger partial charge >= 0.3 is 0 Å². The summed E-state index contributed by atoms with van der Waals surface area (Å²) < 4.78 is 6.81. The van der Waals surface area contributed by atoms with Gasteiger partial charge in [0.1, 0.15) is 11.5 Å². The van der Waals surface area contributed by atoms with Crippen LogP contribution in [0.3, 0.4) is 0 Å². The molecule has 0 aliphatic carbocycles. The molecule has 1 aliphatic rings. The Morgan fingerprint density at radius 3 is 2.60 bits per heavy atom. The molecule has 3 heterocycles. The minimum absolute atomic E-state index is 0.0479. The molecule has 0 spiro atoms. The molecule has 1 amide bonds. The molecule has 0 saturated heterocycles. The summed E-state index contributed by atoms with van der Waals surface area (Å²) in [7, 11) is 5.62. The number of aliphatic hydroxyl groups excluding tert-OH is 2. The minimum Gasteiger partial charge on any atom is -0.394 e. The Labute approximate surface area is 244 Å². The highest BCUT2D eigenvalue weighted by molar-refractivity contribution is 6.09. The quantitative estimate of drug-likeness (QED) is 0.249. The molecule has 0 radical (unpaired) electrons. The Balaban J connectivity index is 1.45. The number of amides is 1. The fourth-order valence-corrected chi connectivity index (χ4v) is 5.17. The van der Waals surface area contributed by atoms with Crippen molar-refractivity contribution >= 4 is 28.8 Å². The molecular weight excluding hydrogens is 534 g/mol. The van der Waals surface area contributed by atoms with Gasteiger partial charge in [0.2, 0.25) is 0 Å². The van der Waals surface area contributed by atoms with Gasteiger partial charge in [-0.05, 0) is 59.5 Å². The molecule has 0 saturated carbocycles. The number of anilines is 4. The Morgan fingerprint density at radius 2 is 1.88 bits per heavy atom. The van der Waals surface area contributed by atoms with Crippen molar-refractivity contribution in [2.45, 2.75) is 19.6 Å². The molecule has 42 heavy (non-hydrogen) atoms. The van der Waals surface area contributed by atoms with Crippen molar-refractivity contribution in [3.05, 3.63) is 99.6 Å². The molecule has 0 atom stereocenters. The summed E-state index contributed by atoms with van der Waals surface area (Å²) in [4.78, 5) is 34.8. The molecule has 0 unspecified atom stereocenters. The van der Waals surface area contributed by atoms with Gasteiger partial charge < -0.3 is 34.6 Å². The van der Waals surface area contributed by atoms with Crippen molar-refractivity contribution in [3.63, 3.8) is 0 Å². The number of carbonyl (C=O) groups is 1. The van der Waals surface area contributed by atoms with Crippen LogP contribution in [0.1, 0.15) is 27.0 Å². The lowest BCUT2D eigenvalue weighted by molar-refractivity contribution is 0.0814. The van der Waals surface area contributed by atoms with E-state index in [1.54, 1.807) is 36.5 Å². The lowest BCUT2D eigenvalue weighted by atomic mass is 9.94. The zero-order valence-corrected chi connectivity index (χ0v) is 24.0. The summed E-state index contributed by atoms with van der Waals surface area (Å²) in [6, 6.07) is 16.8. The van der Waals surface area contributed by atoms with Crippen molar-refractivity contribution in [1.82, 2.24) is 9.55 Å². The maximum Gasteiger partial charge on any atom is 0.274 e. The van der Waals surface area contributed by atoms with Gasteiger partial charge in [0.05, 0.1) is 32.1 Å². The van der Waals surface area contributed by atoms with Crippen molar-refractivity contribution in [2.75, 3.05) is 49.0 Å². The van der Waals surface area contributed by atoms with Crippen molar-refractivity contribution in [2.24, 2.45) is 7.05 Å². The van der Waals surface area contributed by atoms with E-state index in [0.717, 1.165) is 22.4 Å². The van der Waals surface area contributed by atoms with Gasteiger partial charge in [-0.1, -0.05) is 18.2 Å². The first-order valence-electron chi connectivity index (χ1n) is 13.8. The lowest BCUT2D eigenvalue weighted by Crippen LogP contribution is -2.38. The predicted molar refractivity (Wildman–Crippen MR) is 163 cm³/mol. The zero-order valence-electron chi connectivity index (χ0n) is 24.0. The van der Waals surface area contributed by atoms with Crippen LogP contribution in [0.5, 0.6) is 0 Å². The number of carbonyl (C=O) groups excluding carboxylic acids is 1. The van der Waals surface area contributed by atoms with E-state index in [-0.39, 0.29) is 31.3 Å². The maximum atomic E-state index is 13.6. The highest BCUT2D eigenvalue weighted by Crippen LogP contribution is 2.35. The molecule has 2 aromatic heterocycles. The van der Waals surface area contributed by atoms with Gasteiger partial charge in [-0.25, -0.2) is 4.98 Å². The molecule has 1 aliphatic heterocycles. The third-order valence-electron chi connectivity index (χ3n) is 7.37. The second-order valence-electron chi connectivity index (χ2n) is 10.4. The first kappa shape index (κ1) is 29.0. The third-order valence-corrected chi connectivity index (χ3v) is 7.37. The Morgan fingerprint density at radius 1 is 1.05 bits per heavy atom. The first-order valence-corrected chi connectivity index (χ1v) is 13.8.